The van der Waals surface area contributed by atoms with E-state index in [0.717, 1.165) is 18.4 Å². The number of benzene rings is 3. The van der Waals surface area contributed by atoms with Crippen molar-refractivity contribution in [2.45, 2.75) is 50.5 Å². The van der Waals surface area contributed by atoms with Crippen LogP contribution in [0.3, 0.4) is 0 Å². The molecular formula is C28H34O3Si. The van der Waals surface area contributed by atoms with E-state index in [1.165, 1.54) is 10.4 Å². The Labute approximate surface area is 193 Å². The average Bonchev–Trinajstić information content (AvgIpc) is 3.25. The van der Waals surface area contributed by atoms with Crippen molar-refractivity contribution in [1.82, 2.24) is 0 Å². The maximum absolute atomic E-state index is 7.26. The van der Waals surface area contributed by atoms with Gasteiger partial charge in [0.2, 0.25) is 0 Å². The first-order valence-electron chi connectivity index (χ1n) is 11.4. The number of hydrogen-bond acceptors (Lipinski definition) is 3. The average molecular weight is 447 g/mol. The molecule has 4 rings (SSSR count). The molecule has 1 heterocycles. The van der Waals surface area contributed by atoms with Crippen molar-refractivity contribution >= 4 is 18.7 Å². The lowest BCUT2D eigenvalue weighted by atomic mass is 9.92. The molecule has 0 radical (unpaired) electrons. The molecule has 0 N–H and O–H groups in total. The third kappa shape index (κ3) is 4.20. The summed E-state index contributed by atoms with van der Waals surface area (Å²) in [7, 11) is -0.933. The predicted molar refractivity (Wildman–Crippen MR) is 133 cm³/mol. The van der Waals surface area contributed by atoms with E-state index in [4.69, 9.17) is 13.9 Å². The van der Waals surface area contributed by atoms with Crippen LogP contribution in [-0.2, 0) is 19.5 Å². The molecule has 4 heteroatoms. The van der Waals surface area contributed by atoms with E-state index >= 15 is 0 Å². The Bertz CT molecular complexity index is 946. The van der Waals surface area contributed by atoms with E-state index in [1.54, 1.807) is 7.11 Å². The summed E-state index contributed by atoms with van der Waals surface area (Å²) in [6, 6.07) is 32.0. The highest BCUT2D eigenvalue weighted by Crippen LogP contribution is 2.43. The highest BCUT2D eigenvalue weighted by atomic mass is 28.4. The third-order valence-electron chi connectivity index (χ3n) is 6.64. The van der Waals surface area contributed by atoms with Crippen LogP contribution in [0.4, 0.5) is 0 Å². The van der Waals surface area contributed by atoms with Crippen molar-refractivity contribution in [2.75, 3.05) is 13.7 Å². The first kappa shape index (κ1) is 22.9. The summed E-state index contributed by atoms with van der Waals surface area (Å²) in [5.74, 6) is 0. The van der Waals surface area contributed by atoms with Gasteiger partial charge in [-0.15, -0.1) is 0 Å². The van der Waals surface area contributed by atoms with Crippen LogP contribution >= 0.6 is 0 Å². The van der Waals surface area contributed by atoms with Crippen LogP contribution in [0.1, 0.15) is 39.2 Å². The van der Waals surface area contributed by atoms with Gasteiger partial charge in [0.25, 0.3) is 8.32 Å². The van der Waals surface area contributed by atoms with Gasteiger partial charge in [0.05, 0.1) is 6.61 Å². The van der Waals surface area contributed by atoms with Crippen LogP contribution in [-0.4, -0.2) is 28.3 Å². The molecule has 0 aromatic heterocycles. The molecule has 2 atom stereocenters. The van der Waals surface area contributed by atoms with Crippen LogP contribution in [0.15, 0.2) is 91.0 Å². The number of rotatable bonds is 7. The molecule has 0 aliphatic carbocycles. The Balaban J connectivity index is 1.81. The zero-order valence-corrected chi connectivity index (χ0v) is 20.6. The van der Waals surface area contributed by atoms with Crippen LogP contribution < -0.4 is 10.4 Å². The second-order valence-corrected chi connectivity index (χ2v) is 13.9. The molecule has 1 fully saturated rings. The molecule has 1 aliphatic heterocycles. The summed E-state index contributed by atoms with van der Waals surface area (Å²) in [5, 5.41) is 2.48. The molecule has 2 unspecified atom stereocenters. The van der Waals surface area contributed by atoms with Crippen molar-refractivity contribution < 1.29 is 13.9 Å². The van der Waals surface area contributed by atoms with Crippen molar-refractivity contribution in [2.24, 2.45) is 0 Å². The SMILES string of the molecule is COC1CCC(CO[Si](c2ccccc2)(c2ccccc2)C(C)(C)C)(c2ccccc2)O1. The Morgan fingerprint density at radius 3 is 1.78 bits per heavy atom. The highest BCUT2D eigenvalue weighted by Gasteiger charge is 2.53. The minimum atomic E-state index is -2.65. The number of methoxy groups -OCH3 is 1. The normalized spacial score (nSPS) is 21.6. The molecule has 1 saturated heterocycles. The van der Waals surface area contributed by atoms with E-state index in [-0.39, 0.29) is 11.3 Å². The lowest BCUT2D eigenvalue weighted by Crippen LogP contribution is -2.67. The van der Waals surface area contributed by atoms with Gasteiger partial charge < -0.3 is 13.9 Å². The van der Waals surface area contributed by atoms with Gasteiger partial charge >= 0.3 is 0 Å². The molecule has 0 bridgehead atoms. The fraction of sp³-hybridized carbons (Fsp3) is 0.357. The number of ether oxygens (including phenoxy) is 2. The molecule has 3 nitrogen and oxygen atoms in total. The number of hydrogen-bond donors (Lipinski definition) is 0. The molecule has 3 aromatic rings. The molecule has 3 aromatic carbocycles. The molecule has 0 amide bonds. The van der Waals surface area contributed by atoms with E-state index in [9.17, 15) is 0 Å². The smallest absolute Gasteiger partial charge is 0.261 e. The zero-order chi connectivity index (χ0) is 22.7. The van der Waals surface area contributed by atoms with Gasteiger partial charge in [-0.25, -0.2) is 0 Å². The summed E-state index contributed by atoms with van der Waals surface area (Å²) in [6.07, 6.45) is 1.52. The van der Waals surface area contributed by atoms with Gasteiger partial charge in [0.15, 0.2) is 6.29 Å². The van der Waals surface area contributed by atoms with Gasteiger partial charge in [-0.1, -0.05) is 112 Å². The minimum Gasteiger partial charge on any atom is -0.404 e. The summed E-state index contributed by atoms with van der Waals surface area (Å²) in [4.78, 5) is 0. The third-order valence-corrected chi connectivity index (χ3v) is 11.6. The second-order valence-electron chi connectivity index (χ2n) is 9.63. The highest BCUT2D eigenvalue weighted by molar-refractivity contribution is 6.99. The summed E-state index contributed by atoms with van der Waals surface area (Å²) in [6.45, 7) is 7.41. The van der Waals surface area contributed by atoms with Gasteiger partial charge in [-0.2, -0.15) is 0 Å². The Morgan fingerprint density at radius 1 is 0.844 bits per heavy atom. The van der Waals surface area contributed by atoms with Gasteiger partial charge in [0, 0.05) is 13.5 Å². The molecule has 168 valence electrons. The molecule has 0 spiro atoms. The predicted octanol–water partition coefficient (Wildman–Crippen LogP) is 5.24. The van der Waals surface area contributed by atoms with E-state index in [2.05, 4.69) is 106 Å². The van der Waals surface area contributed by atoms with Gasteiger partial charge in [-0.3, -0.25) is 0 Å². The largest absolute Gasteiger partial charge is 0.404 e. The Morgan fingerprint density at radius 2 is 1.34 bits per heavy atom. The van der Waals surface area contributed by atoms with Crippen LogP contribution in [0.5, 0.6) is 0 Å². The van der Waals surface area contributed by atoms with E-state index in [1.807, 2.05) is 6.07 Å². The van der Waals surface area contributed by atoms with Gasteiger partial charge in [-0.05, 0) is 27.4 Å². The maximum atomic E-state index is 7.26. The summed E-state index contributed by atoms with van der Waals surface area (Å²) < 4.78 is 19.4. The first-order chi connectivity index (χ1) is 15.4. The first-order valence-corrected chi connectivity index (χ1v) is 13.3. The molecular weight excluding hydrogens is 412 g/mol. The second kappa shape index (κ2) is 9.32. The fourth-order valence-electron chi connectivity index (χ4n) is 5.02. The lowest BCUT2D eigenvalue weighted by molar-refractivity contribution is -0.169. The van der Waals surface area contributed by atoms with Crippen LogP contribution in [0.25, 0.3) is 0 Å². The topological polar surface area (TPSA) is 27.7 Å². The molecule has 1 aliphatic rings. The van der Waals surface area contributed by atoms with E-state index < -0.39 is 13.9 Å². The van der Waals surface area contributed by atoms with Crippen LogP contribution in [0, 0.1) is 0 Å². The van der Waals surface area contributed by atoms with Crippen molar-refractivity contribution in [3.63, 3.8) is 0 Å². The van der Waals surface area contributed by atoms with Crippen molar-refractivity contribution in [3.8, 4) is 0 Å². The molecule has 32 heavy (non-hydrogen) atoms. The van der Waals surface area contributed by atoms with E-state index in [0.29, 0.717) is 6.61 Å². The lowest BCUT2D eigenvalue weighted by Gasteiger charge is -2.45. The standard InChI is InChI=1S/C28H34O3Si/c1-27(2,3)32(24-16-10-6-11-17-24,25-18-12-7-13-19-25)30-22-28(21-20-26(29-4)31-28)23-14-8-5-9-15-23/h5-19,26H,20-22H2,1-4H3. The monoisotopic (exact) mass is 446 g/mol. The Hall–Kier alpha value is -2.24. The summed E-state index contributed by atoms with van der Waals surface area (Å²) >= 11 is 0. The summed E-state index contributed by atoms with van der Waals surface area (Å²) in [5.41, 5.74) is 0.632. The zero-order valence-electron chi connectivity index (χ0n) is 19.6. The van der Waals surface area contributed by atoms with Gasteiger partial charge in [0.1, 0.15) is 5.60 Å². The fourth-order valence-corrected chi connectivity index (χ4v) is 9.62. The molecule has 0 saturated carbocycles. The maximum Gasteiger partial charge on any atom is 0.261 e. The quantitative estimate of drug-likeness (QED) is 0.465. The van der Waals surface area contributed by atoms with Crippen LogP contribution in [0.2, 0.25) is 5.04 Å². The minimum absolute atomic E-state index is 0.0765. The van der Waals surface area contributed by atoms with Crippen molar-refractivity contribution in [3.05, 3.63) is 96.6 Å². The Kier molecular flexibility index (Phi) is 6.68. The van der Waals surface area contributed by atoms with Crippen molar-refractivity contribution in [1.29, 1.82) is 0 Å².